The molecule has 0 saturated heterocycles. The Kier molecular flexibility index (Phi) is 13.8. The van der Waals surface area contributed by atoms with Crippen LogP contribution >= 0.6 is 0 Å². The molecule has 0 unspecified atom stereocenters. The number of hydrogen-bond donors (Lipinski definition) is 2. The van der Waals surface area contributed by atoms with E-state index in [1.54, 1.807) is 0 Å². The van der Waals surface area contributed by atoms with Gasteiger partial charge in [0, 0.05) is 19.4 Å². The number of carbonyl (C=O) groups excluding carboxylic acids is 2. The highest BCUT2D eigenvalue weighted by Gasteiger charge is 2.07. The van der Waals surface area contributed by atoms with Crippen molar-refractivity contribution in [2.24, 2.45) is 0 Å². The molecular weight excluding hydrogens is 258 g/mol. The normalized spacial score (nSPS) is 10.5. The van der Waals surface area contributed by atoms with E-state index in [9.17, 15) is 9.59 Å². The lowest BCUT2D eigenvalue weighted by Crippen LogP contribution is -2.19. The van der Waals surface area contributed by atoms with E-state index in [0.29, 0.717) is 13.0 Å². The molecule has 118 valence electrons. The molecule has 0 rings (SSSR count). The number of Topliss-reactive ketones (excluding diaryl/α,β-unsaturated/α-hetero) is 1. The number of unbranched alkanes of at least 4 members (excludes halogenated alkanes) is 6. The summed E-state index contributed by atoms with van der Waals surface area (Å²) in [6.07, 6.45) is 9.49. The molecule has 0 bridgehead atoms. The van der Waals surface area contributed by atoms with E-state index in [0.717, 1.165) is 13.0 Å². The summed E-state index contributed by atoms with van der Waals surface area (Å²) >= 11 is 0. The van der Waals surface area contributed by atoms with E-state index < -0.39 is 5.97 Å². The van der Waals surface area contributed by atoms with Crippen molar-refractivity contribution in [2.75, 3.05) is 13.1 Å². The molecule has 0 saturated carbocycles. The summed E-state index contributed by atoms with van der Waals surface area (Å²) in [5, 5.41) is 11.3. The van der Waals surface area contributed by atoms with Crippen molar-refractivity contribution >= 4 is 11.8 Å². The lowest BCUT2D eigenvalue weighted by Gasteiger charge is -2.04. The van der Waals surface area contributed by atoms with Crippen LogP contribution in [0.4, 0.5) is 0 Å². The molecule has 0 fully saturated rings. The Morgan fingerprint density at radius 3 is 2.20 bits per heavy atom. The quantitative estimate of drug-likeness (QED) is 0.292. The standard InChI is InChI=1S/C15H29NO4/c1-2-3-4-5-6-7-8-12-16-13-11-14(17)9-10-15(18)20-19/h16,19H,2-13H2,1H3. The van der Waals surface area contributed by atoms with Crippen LogP contribution in [0.3, 0.4) is 0 Å². The molecule has 5 heteroatoms. The first-order valence-electron chi connectivity index (χ1n) is 7.77. The van der Waals surface area contributed by atoms with Crippen molar-refractivity contribution in [2.45, 2.75) is 71.1 Å². The Hall–Kier alpha value is -0.940. The molecule has 0 aromatic carbocycles. The number of ketones is 1. The number of hydrogen-bond acceptors (Lipinski definition) is 5. The molecule has 0 aliphatic heterocycles. The first-order valence-corrected chi connectivity index (χ1v) is 7.77. The van der Waals surface area contributed by atoms with Gasteiger partial charge in [-0.1, -0.05) is 45.4 Å². The van der Waals surface area contributed by atoms with E-state index >= 15 is 0 Å². The van der Waals surface area contributed by atoms with Crippen LogP contribution in [-0.4, -0.2) is 30.1 Å². The third-order valence-corrected chi connectivity index (χ3v) is 3.25. The van der Waals surface area contributed by atoms with Crippen molar-refractivity contribution in [1.82, 2.24) is 5.32 Å². The van der Waals surface area contributed by atoms with Crippen LogP contribution < -0.4 is 5.32 Å². The lowest BCUT2D eigenvalue weighted by molar-refractivity contribution is -0.234. The van der Waals surface area contributed by atoms with Gasteiger partial charge in [0.05, 0.1) is 6.42 Å². The van der Waals surface area contributed by atoms with Crippen LogP contribution in [0.5, 0.6) is 0 Å². The molecule has 0 spiro atoms. The van der Waals surface area contributed by atoms with E-state index in [4.69, 9.17) is 5.26 Å². The molecule has 0 heterocycles. The van der Waals surface area contributed by atoms with Gasteiger partial charge < -0.3 is 10.2 Å². The fourth-order valence-corrected chi connectivity index (χ4v) is 1.97. The first kappa shape index (κ1) is 19.1. The second-order valence-corrected chi connectivity index (χ2v) is 5.12. The predicted octanol–water partition coefficient (Wildman–Crippen LogP) is 3.08. The van der Waals surface area contributed by atoms with Crippen molar-refractivity contribution in [1.29, 1.82) is 0 Å². The number of rotatable bonds is 14. The summed E-state index contributed by atoms with van der Waals surface area (Å²) in [6, 6.07) is 0. The molecule has 0 amide bonds. The second-order valence-electron chi connectivity index (χ2n) is 5.12. The smallest absolute Gasteiger partial charge is 0.316 e. The van der Waals surface area contributed by atoms with E-state index in [1.165, 1.54) is 38.5 Å². The van der Waals surface area contributed by atoms with Crippen LogP contribution in [0.25, 0.3) is 0 Å². The Morgan fingerprint density at radius 1 is 0.900 bits per heavy atom. The molecule has 0 aliphatic rings. The highest BCUT2D eigenvalue weighted by atomic mass is 17.1. The summed E-state index contributed by atoms with van der Waals surface area (Å²) < 4.78 is 0. The molecule has 5 nitrogen and oxygen atoms in total. The maximum absolute atomic E-state index is 11.4. The maximum atomic E-state index is 11.4. The highest BCUT2D eigenvalue weighted by Crippen LogP contribution is 2.06. The lowest BCUT2D eigenvalue weighted by atomic mass is 10.1. The zero-order valence-corrected chi connectivity index (χ0v) is 12.7. The molecular formula is C15H29NO4. The SMILES string of the molecule is CCCCCCCCCNCCC(=O)CCC(=O)OO. The third-order valence-electron chi connectivity index (χ3n) is 3.25. The van der Waals surface area contributed by atoms with Crippen LogP contribution in [0.2, 0.25) is 0 Å². The number of carbonyl (C=O) groups is 2. The van der Waals surface area contributed by atoms with Crippen LogP contribution in [0.15, 0.2) is 0 Å². The fraction of sp³-hybridized carbons (Fsp3) is 0.867. The summed E-state index contributed by atoms with van der Waals surface area (Å²) in [4.78, 5) is 25.5. The second kappa shape index (κ2) is 14.5. The molecule has 2 N–H and O–H groups in total. The van der Waals surface area contributed by atoms with Crippen molar-refractivity contribution in [3.63, 3.8) is 0 Å². The molecule has 0 atom stereocenters. The van der Waals surface area contributed by atoms with Gasteiger partial charge in [-0.05, 0) is 13.0 Å². The van der Waals surface area contributed by atoms with Crippen LogP contribution in [0, 0.1) is 0 Å². The van der Waals surface area contributed by atoms with Gasteiger partial charge in [0.2, 0.25) is 0 Å². The largest absolute Gasteiger partial charge is 0.342 e. The summed E-state index contributed by atoms with van der Waals surface area (Å²) in [7, 11) is 0. The molecule has 0 aliphatic carbocycles. The zero-order valence-electron chi connectivity index (χ0n) is 12.7. The Bertz CT molecular complexity index is 256. The molecule has 0 aromatic rings. The average Bonchev–Trinajstić information content (AvgIpc) is 2.46. The minimum absolute atomic E-state index is 0.0162. The van der Waals surface area contributed by atoms with Gasteiger partial charge in [0.1, 0.15) is 5.78 Å². The van der Waals surface area contributed by atoms with Crippen molar-refractivity contribution in [3.05, 3.63) is 0 Å². The van der Waals surface area contributed by atoms with Gasteiger partial charge in [-0.3, -0.25) is 4.79 Å². The topological polar surface area (TPSA) is 75.6 Å². The fourth-order valence-electron chi connectivity index (χ4n) is 1.97. The van der Waals surface area contributed by atoms with E-state index in [2.05, 4.69) is 17.1 Å². The minimum atomic E-state index is -0.755. The number of nitrogens with one attached hydrogen (secondary N) is 1. The Morgan fingerprint density at radius 2 is 1.55 bits per heavy atom. The summed E-state index contributed by atoms with van der Waals surface area (Å²) in [5.74, 6) is -0.739. The first-order chi connectivity index (χ1) is 9.70. The average molecular weight is 287 g/mol. The maximum Gasteiger partial charge on any atom is 0.342 e. The Balaban J connectivity index is 3.19. The van der Waals surface area contributed by atoms with Crippen molar-refractivity contribution < 1.29 is 19.7 Å². The van der Waals surface area contributed by atoms with Gasteiger partial charge in [-0.2, -0.15) is 5.26 Å². The van der Waals surface area contributed by atoms with Gasteiger partial charge >= 0.3 is 5.97 Å². The van der Waals surface area contributed by atoms with E-state index in [-0.39, 0.29) is 18.6 Å². The van der Waals surface area contributed by atoms with Crippen molar-refractivity contribution in [3.8, 4) is 0 Å². The van der Waals surface area contributed by atoms with Gasteiger partial charge in [-0.25, -0.2) is 4.79 Å². The van der Waals surface area contributed by atoms with Crippen LogP contribution in [0.1, 0.15) is 71.1 Å². The van der Waals surface area contributed by atoms with Gasteiger partial charge in [0.15, 0.2) is 0 Å². The van der Waals surface area contributed by atoms with E-state index in [1.807, 2.05) is 0 Å². The molecule has 0 radical (unpaired) electrons. The van der Waals surface area contributed by atoms with Gasteiger partial charge in [0.25, 0.3) is 0 Å². The molecule has 20 heavy (non-hydrogen) atoms. The predicted molar refractivity (Wildman–Crippen MR) is 78.4 cm³/mol. The highest BCUT2D eigenvalue weighted by molar-refractivity contribution is 5.82. The summed E-state index contributed by atoms with van der Waals surface area (Å²) in [6.45, 7) is 3.82. The monoisotopic (exact) mass is 287 g/mol. The Labute approximate surface area is 122 Å². The third kappa shape index (κ3) is 13.5. The minimum Gasteiger partial charge on any atom is -0.316 e. The zero-order chi connectivity index (χ0) is 15.1. The van der Waals surface area contributed by atoms with Crippen LogP contribution in [-0.2, 0) is 14.5 Å². The summed E-state index contributed by atoms with van der Waals surface area (Å²) in [5.41, 5.74) is 0. The molecule has 0 aromatic heterocycles. The van der Waals surface area contributed by atoms with Gasteiger partial charge in [-0.15, -0.1) is 0 Å².